The first-order valence-electron chi connectivity index (χ1n) is 2.54. The first kappa shape index (κ1) is 11.9. The summed E-state index contributed by atoms with van der Waals surface area (Å²) in [6, 6.07) is 4.61. The second-order valence-corrected chi connectivity index (χ2v) is 2.45. The molecule has 0 atom stereocenters. The minimum atomic E-state index is -1.26. The summed E-state index contributed by atoms with van der Waals surface area (Å²) in [5, 5.41) is 10.2. The number of aromatic carboxylic acids is 1. The van der Waals surface area contributed by atoms with Gasteiger partial charge in [0, 0.05) is 0 Å². The van der Waals surface area contributed by atoms with Gasteiger partial charge in [0.15, 0.2) is 0 Å². The quantitative estimate of drug-likeness (QED) is 0.525. The van der Waals surface area contributed by atoms with E-state index in [0.717, 1.165) is 0 Å². The van der Waals surface area contributed by atoms with Crippen molar-refractivity contribution in [3.8, 4) is 0 Å². The Labute approximate surface area is 121 Å². The molecule has 0 saturated carbocycles. The summed E-state index contributed by atoms with van der Waals surface area (Å²) in [7, 11) is 0. The van der Waals surface area contributed by atoms with E-state index in [9.17, 15) is 9.90 Å². The van der Waals surface area contributed by atoms with Crippen molar-refractivity contribution in [2.75, 3.05) is 0 Å². The van der Waals surface area contributed by atoms with Gasteiger partial charge >= 0.3 is 58.2 Å². The standard InChI is InChI=1S/C6H4BrNO2.Rb/c7-5-3-1-2-4(8-5)6(9)10;/h1-3H,(H,9,10);/q;+1/p-1. The van der Waals surface area contributed by atoms with Gasteiger partial charge in [-0.1, -0.05) is 6.07 Å². The molecule has 0 fully saturated rings. The van der Waals surface area contributed by atoms with Crippen molar-refractivity contribution < 1.29 is 68.1 Å². The first-order chi connectivity index (χ1) is 4.70. The van der Waals surface area contributed by atoms with Crippen molar-refractivity contribution in [3.05, 3.63) is 28.5 Å². The van der Waals surface area contributed by atoms with Gasteiger partial charge in [-0.05, 0) is 28.1 Å². The third-order valence-corrected chi connectivity index (χ3v) is 1.37. The molecule has 0 aliphatic carbocycles. The van der Waals surface area contributed by atoms with E-state index in [1.165, 1.54) is 6.07 Å². The van der Waals surface area contributed by atoms with E-state index in [4.69, 9.17) is 0 Å². The van der Waals surface area contributed by atoms with Crippen LogP contribution in [-0.4, -0.2) is 11.0 Å². The zero-order chi connectivity index (χ0) is 7.56. The topological polar surface area (TPSA) is 53.0 Å². The van der Waals surface area contributed by atoms with E-state index in [0.29, 0.717) is 4.60 Å². The van der Waals surface area contributed by atoms with Crippen molar-refractivity contribution >= 4 is 21.9 Å². The van der Waals surface area contributed by atoms with Crippen LogP contribution in [0.15, 0.2) is 22.8 Å². The van der Waals surface area contributed by atoms with Crippen LogP contribution in [0.25, 0.3) is 0 Å². The van der Waals surface area contributed by atoms with Crippen LogP contribution in [0.5, 0.6) is 0 Å². The fourth-order valence-electron chi connectivity index (χ4n) is 0.522. The van der Waals surface area contributed by atoms with E-state index < -0.39 is 5.97 Å². The summed E-state index contributed by atoms with van der Waals surface area (Å²) >= 11 is 3.03. The van der Waals surface area contributed by atoms with E-state index in [1.54, 1.807) is 12.1 Å². The molecule has 52 valence electrons. The van der Waals surface area contributed by atoms with Crippen LogP contribution in [0.2, 0.25) is 0 Å². The van der Waals surface area contributed by atoms with Crippen molar-refractivity contribution in [2.45, 2.75) is 0 Å². The first-order valence-corrected chi connectivity index (χ1v) is 3.33. The fraction of sp³-hybridized carbons (Fsp3) is 0. The smallest absolute Gasteiger partial charge is 0.543 e. The third-order valence-electron chi connectivity index (χ3n) is 0.924. The molecule has 1 heterocycles. The molecule has 0 saturated heterocycles. The van der Waals surface area contributed by atoms with Crippen LogP contribution in [0.3, 0.4) is 0 Å². The van der Waals surface area contributed by atoms with Crippen LogP contribution in [0.1, 0.15) is 10.5 Å². The molecule has 5 heteroatoms. The predicted octanol–water partition coefficient (Wildman–Crippen LogP) is -2.79. The number of halogens is 1. The Hall–Kier alpha value is 0.905. The van der Waals surface area contributed by atoms with Gasteiger partial charge in [0.2, 0.25) is 0 Å². The maximum atomic E-state index is 10.2. The average Bonchev–Trinajstić information content (AvgIpc) is 1.88. The van der Waals surface area contributed by atoms with Crippen molar-refractivity contribution in [3.63, 3.8) is 0 Å². The third kappa shape index (κ3) is 3.89. The minimum Gasteiger partial charge on any atom is -0.543 e. The summed E-state index contributed by atoms with van der Waals surface area (Å²) < 4.78 is 0.495. The summed E-state index contributed by atoms with van der Waals surface area (Å²) in [4.78, 5) is 13.8. The molecule has 0 radical (unpaired) electrons. The number of carboxylic acids is 1. The van der Waals surface area contributed by atoms with Crippen LogP contribution in [0.4, 0.5) is 0 Å². The molecule has 3 nitrogen and oxygen atoms in total. The van der Waals surface area contributed by atoms with Crippen LogP contribution in [-0.2, 0) is 0 Å². The molecule has 1 rings (SSSR count). The molecule has 0 spiro atoms. The van der Waals surface area contributed by atoms with Gasteiger partial charge in [0.1, 0.15) is 4.60 Å². The Balaban J connectivity index is 0.000001000. The number of carbonyl (C=O) groups is 1. The maximum Gasteiger partial charge on any atom is 1.00 e. The molecule has 0 bridgehead atoms. The molecule has 0 N–H and O–H groups in total. The second-order valence-electron chi connectivity index (χ2n) is 1.63. The molecule has 0 aromatic carbocycles. The Morgan fingerprint density at radius 3 is 2.55 bits per heavy atom. The largest absolute Gasteiger partial charge is 1.00 e. The summed E-state index contributed by atoms with van der Waals surface area (Å²) in [6.45, 7) is 0. The summed E-state index contributed by atoms with van der Waals surface area (Å²) in [5.41, 5.74) is -0.0608. The predicted molar refractivity (Wildman–Crippen MR) is 36.3 cm³/mol. The van der Waals surface area contributed by atoms with E-state index >= 15 is 0 Å². The molecular weight excluding hydrogens is 283 g/mol. The number of aromatic nitrogens is 1. The number of hydrogen-bond donors (Lipinski definition) is 0. The molecule has 1 aromatic rings. The van der Waals surface area contributed by atoms with Crippen molar-refractivity contribution in [1.82, 2.24) is 4.98 Å². The number of pyridine rings is 1. The Morgan fingerprint density at radius 1 is 1.55 bits per heavy atom. The summed E-state index contributed by atoms with van der Waals surface area (Å²) in [6.07, 6.45) is 0. The van der Waals surface area contributed by atoms with Gasteiger partial charge in [-0.2, -0.15) is 0 Å². The average molecular weight is 286 g/mol. The van der Waals surface area contributed by atoms with Gasteiger partial charge in [-0.25, -0.2) is 4.98 Å². The number of carbonyl (C=O) groups excluding carboxylic acids is 1. The van der Waals surface area contributed by atoms with Crippen molar-refractivity contribution in [1.29, 1.82) is 0 Å². The van der Waals surface area contributed by atoms with Crippen LogP contribution < -0.4 is 63.3 Å². The molecular formula is C6H3BrNO2Rb. The Bertz CT molecular complexity index is 267. The van der Waals surface area contributed by atoms with E-state index in [-0.39, 0.29) is 63.9 Å². The number of rotatable bonds is 1. The minimum absolute atomic E-state index is 0. The SMILES string of the molecule is O=C([O-])c1cccc(Br)n1.[Rb+]. The number of hydrogen-bond acceptors (Lipinski definition) is 3. The Kier molecular flexibility index (Phi) is 5.99. The number of carboxylic acid groups (broad SMARTS) is 1. The van der Waals surface area contributed by atoms with Crippen LogP contribution >= 0.6 is 15.9 Å². The monoisotopic (exact) mass is 285 g/mol. The van der Waals surface area contributed by atoms with Crippen LogP contribution in [0, 0.1) is 0 Å². The summed E-state index contributed by atoms with van der Waals surface area (Å²) in [5.74, 6) is -1.26. The molecule has 0 aliphatic rings. The zero-order valence-electron chi connectivity index (χ0n) is 5.87. The Morgan fingerprint density at radius 2 is 2.18 bits per heavy atom. The van der Waals surface area contributed by atoms with E-state index in [1.807, 2.05) is 0 Å². The van der Waals surface area contributed by atoms with Gasteiger partial charge in [-0.3, -0.25) is 0 Å². The fourth-order valence-corrected chi connectivity index (χ4v) is 0.866. The van der Waals surface area contributed by atoms with Gasteiger partial charge < -0.3 is 9.90 Å². The van der Waals surface area contributed by atoms with Crippen molar-refractivity contribution in [2.24, 2.45) is 0 Å². The van der Waals surface area contributed by atoms with Gasteiger partial charge in [0.25, 0.3) is 0 Å². The van der Waals surface area contributed by atoms with E-state index in [2.05, 4.69) is 20.9 Å². The number of nitrogens with zero attached hydrogens (tertiary/aromatic N) is 1. The molecule has 0 unspecified atom stereocenters. The second kappa shape index (κ2) is 5.53. The molecule has 11 heavy (non-hydrogen) atoms. The van der Waals surface area contributed by atoms with Gasteiger partial charge in [0.05, 0.1) is 11.7 Å². The molecule has 0 aliphatic heterocycles. The normalized spacial score (nSPS) is 8.45. The van der Waals surface area contributed by atoms with Gasteiger partial charge in [-0.15, -0.1) is 0 Å². The molecule has 0 amide bonds. The zero-order valence-corrected chi connectivity index (χ0v) is 12.4. The molecule has 1 aromatic heterocycles. The maximum absolute atomic E-state index is 10.2.